The van der Waals surface area contributed by atoms with Gasteiger partial charge < -0.3 is 4.98 Å². The second-order valence-corrected chi connectivity index (χ2v) is 12.7. The van der Waals surface area contributed by atoms with Crippen LogP contribution in [0.2, 0.25) is 0 Å². The molecule has 8 bridgehead atoms. The molecule has 2 aliphatic heterocycles. The van der Waals surface area contributed by atoms with E-state index in [1.807, 2.05) is 49.1 Å². The van der Waals surface area contributed by atoms with Crippen LogP contribution in [0.1, 0.15) is 22.8 Å². The van der Waals surface area contributed by atoms with Crippen molar-refractivity contribution in [2.24, 2.45) is 0 Å². The Hall–Kier alpha value is -6.24. The normalized spacial score (nSPS) is 12.0. The first-order chi connectivity index (χ1) is 23.8. The van der Waals surface area contributed by atoms with Crippen molar-refractivity contribution in [3.63, 3.8) is 0 Å². The third-order valence-electron chi connectivity index (χ3n) is 8.69. The molecule has 0 saturated heterocycles. The number of H-pyrrole nitrogens is 1. The van der Waals surface area contributed by atoms with Gasteiger partial charge in [-0.05, 0) is 95.1 Å². The average molecular weight is 634 g/mol. The first-order valence-corrected chi connectivity index (χ1v) is 16.6. The van der Waals surface area contributed by atoms with E-state index < -0.39 is 0 Å². The molecule has 7 heterocycles. The summed E-state index contributed by atoms with van der Waals surface area (Å²) in [4.78, 5) is 23.1. The maximum Gasteiger partial charge on any atom is 0.0737 e. The molecule has 5 nitrogen and oxygen atoms in total. The van der Waals surface area contributed by atoms with E-state index >= 15 is 0 Å². The number of nitrogens with one attached hydrogen (secondary N) is 1. The van der Waals surface area contributed by atoms with Crippen molar-refractivity contribution in [1.82, 2.24) is 24.9 Å². The van der Waals surface area contributed by atoms with Gasteiger partial charge in [0.05, 0.1) is 22.8 Å². The lowest BCUT2D eigenvalue weighted by Gasteiger charge is -2.06. The van der Waals surface area contributed by atoms with Gasteiger partial charge in [0, 0.05) is 67.5 Å². The van der Waals surface area contributed by atoms with Crippen molar-refractivity contribution in [2.75, 3.05) is 0 Å². The smallest absolute Gasteiger partial charge is 0.0737 e. The number of hydrogen-bond donors (Lipinski definition) is 1. The highest BCUT2D eigenvalue weighted by Gasteiger charge is 2.18. The first-order valence-electron chi connectivity index (χ1n) is 15.8. The lowest BCUT2D eigenvalue weighted by atomic mass is 10.0. The highest BCUT2D eigenvalue weighted by Crippen LogP contribution is 2.41. The summed E-state index contributed by atoms with van der Waals surface area (Å²) in [6, 6.07) is 38.0. The number of aromatic amines is 1. The van der Waals surface area contributed by atoms with Crippen molar-refractivity contribution in [3.05, 3.63) is 157 Å². The quantitative estimate of drug-likeness (QED) is 0.209. The molecule has 5 aromatic heterocycles. The second-order valence-electron chi connectivity index (χ2n) is 11.6. The van der Waals surface area contributed by atoms with Gasteiger partial charge in [-0.1, -0.05) is 60.7 Å². The van der Waals surface area contributed by atoms with Crippen LogP contribution in [0.4, 0.5) is 0 Å². The van der Waals surface area contributed by atoms with E-state index in [0.717, 1.165) is 87.7 Å². The average Bonchev–Trinajstić information content (AvgIpc) is 3.98. The van der Waals surface area contributed by atoms with E-state index in [4.69, 9.17) is 9.97 Å². The van der Waals surface area contributed by atoms with Crippen LogP contribution in [0.5, 0.6) is 0 Å². The molecule has 0 fully saturated rings. The topological polar surface area (TPSA) is 67.3 Å². The summed E-state index contributed by atoms with van der Waals surface area (Å²) >= 11 is 1.77. The fourth-order valence-electron chi connectivity index (χ4n) is 6.54. The maximum absolute atomic E-state index is 5.35. The van der Waals surface area contributed by atoms with Gasteiger partial charge in [0.2, 0.25) is 0 Å². The molecule has 48 heavy (non-hydrogen) atoms. The van der Waals surface area contributed by atoms with Crippen LogP contribution in [0.15, 0.2) is 134 Å². The number of benzene rings is 2. The van der Waals surface area contributed by atoms with Crippen LogP contribution >= 0.6 is 11.3 Å². The third kappa shape index (κ3) is 4.96. The lowest BCUT2D eigenvalue weighted by molar-refractivity contribution is 1.30. The van der Waals surface area contributed by atoms with Crippen molar-refractivity contribution in [1.29, 1.82) is 0 Å². The van der Waals surface area contributed by atoms with Gasteiger partial charge in [-0.2, -0.15) is 0 Å². The minimum atomic E-state index is 0.887. The predicted octanol–water partition coefficient (Wildman–Crippen LogP) is 10.8. The molecule has 0 spiro atoms. The SMILES string of the molecule is C1=Cc2nc1c(-c1ccncc1)c1ccc([nH]1)c(-c1ccncc1)c1nc(c(-c3ccccc3)c3ccc(s3)c2-c2ccccc2)C=C1. The molecular formula is C42H27N5S. The fraction of sp³-hybridized carbons (Fsp3) is 0. The number of aromatic nitrogens is 5. The number of hydrogen-bond acceptors (Lipinski definition) is 5. The Morgan fingerprint density at radius 3 is 1.17 bits per heavy atom. The van der Waals surface area contributed by atoms with Crippen molar-refractivity contribution >= 4 is 56.1 Å². The second kappa shape index (κ2) is 11.8. The Balaban J connectivity index is 1.49. The van der Waals surface area contributed by atoms with Crippen LogP contribution in [0, 0.1) is 0 Å². The van der Waals surface area contributed by atoms with E-state index in [1.165, 1.54) is 0 Å². The van der Waals surface area contributed by atoms with Gasteiger partial charge in [0.25, 0.3) is 0 Å². The van der Waals surface area contributed by atoms with E-state index in [1.54, 1.807) is 11.3 Å². The number of thiophene rings is 1. The lowest BCUT2D eigenvalue weighted by Crippen LogP contribution is -1.88. The largest absolute Gasteiger partial charge is 0.354 e. The molecule has 1 N–H and O–H groups in total. The van der Waals surface area contributed by atoms with Gasteiger partial charge in [0.1, 0.15) is 0 Å². The molecular weight excluding hydrogens is 607 g/mol. The first kappa shape index (κ1) is 28.0. The summed E-state index contributed by atoms with van der Waals surface area (Å²) in [6.45, 7) is 0. The zero-order valence-electron chi connectivity index (χ0n) is 25.7. The molecule has 2 aromatic carbocycles. The van der Waals surface area contributed by atoms with Crippen LogP contribution in [0.25, 0.3) is 89.2 Å². The van der Waals surface area contributed by atoms with Gasteiger partial charge in [0.15, 0.2) is 0 Å². The van der Waals surface area contributed by atoms with Gasteiger partial charge in [-0.25, -0.2) is 9.97 Å². The number of fused-ring (bicyclic) bond motifs is 8. The molecule has 2 aliphatic rings. The minimum Gasteiger partial charge on any atom is -0.354 e. The number of rotatable bonds is 4. The highest BCUT2D eigenvalue weighted by atomic mass is 32.1. The molecule has 0 amide bonds. The fourth-order valence-corrected chi connectivity index (χ4v) is 7.69. The van der Waals surface area contributed by atoms with Crippen LogP contribution in [0.3, 0.4) is 0 Å². The number of pyridine rings is 2. The molecule has 226 valence electrons. The summed E-state index contributed by atoms with van der Waals surface area (Å²) in [5.74, 6) is 0. The van der Waals surface area contributed by atoms with Gasteiger partial charge >= 0.3 is 0 Å². The Kier molecular flexibility index (Phi) is 6.91. The predicted molar refractivity (Wildman–Crippen MR) is 200 cm³/mol. The summed E-state index contributed by atoms with van der Waals surface area (Å²) in [5.41, 5.74) is 14.1. The van der Waals surface area contributed by atoms with Crippen LogP contribution in [-0.2, 0) is 0 Å². The van der Waals surface area contributed by atoms with E-state index in [-0.39, 0.29) is 0 Å². The van der Waals surface area contributed by atoms with Gasteiger partial charge in [-0.3, -0.25) is 9.97 Å². The Bertz CT molecular complexity index is 2180. The Labute approximate surface area is 281 Å². The van der Waals surface area contributed by atoms with Crippen LogP contribution in [-0.4, -0.2) is 24.9 Å². The summed E-state index contributed by atoms with van der Waals surface area (Å²) in [5, 5.41) is 0. The third-order valence-corrected chi connectivity index (χ3v) is 9.81. The Morgan fingerprint density at radius 2 is 0.750 bits per heavy atom. The Morgan fingerprint density at radius 1 is 0.375 bits per heavy atom. The monoisotopic (exact) mass is 633 g/mol. The summed E-state index contributed by atoms with van der Waals surface area (Å²) in [7, 11) is 0. The van der Waals surface area contributed by atoms with Crippen molar-refractivity contribution < 1.29 is 0 Å². The van der Waals surface area contributed by atoms with E-state index in [2.05, 4.69) is 124 Å². The zero-order chi connectivity index (χ0) is 31.9. The molecule has 0 radical (unpaired) electrons. The maximum atomic E-state index is 5.35. The standard InChI is InChI=1S/C42H27N5S/c1-3-7-27(8-4-1)41-35-15-13-33(46-35)39(29-19-23-43-24-20-29)31-11-12-32(45-31)40(30-21-25-44-26-22-30)34-14-16-36(47-34)42(28-9-5-2-6-10-28)38-18-17-37(41)48-38/h1-26,45H. The van der Waals surface area contributed by atoms with E-state index in [9.17, 15) is 0 Å². The molecule has 7 aromatic rings. The van der Waals surface area contributed by atoms with E-state index in [0.29, 0.717) is 0 Å². The summed E-state index contributed by atoms with van der Waals surface area (Å²) in [6.07, 6.45) is 15.8. The zero-order valence-corrected chi connectivity index (χ0v) is 26.5. The molecule has 9 rings (SSSR count). The molecule has 0 saturated carbocycles. The van der Waals surface area contributed by atoms with Crippen molar-refractivity contribution in [3.8, 4) is 44.5 Å². The minimum absolute atomic E-state index is 0.887. The molecule has 6 heteroatoms. The number of nitrogens with zero attached hydrogens (tertiary/aromatic N) is 4. The van der Waals surface area contributed by atoms with Gasteiger partial charge in [-0.15, -0.1) is 11.3 Å². The molecule has 0 aliphatic carbocycles. The van der Waals surface area contributed by atoms with Crippen molar-refractivity contribution in [2.45, 2.75) is 0 Å². The molecule has 0 atom stereocenters. The summed E-state index contributed by atoms with van der Waals surface area (Å²) < 4.78 is 2.29. The van der Waals surface area contributed by atoms with Crippen LogP contribution < -0.4 is 0 Å². The highest BCUT2D eigenvalue weighted by molar-refractivity contribution is 7.24. The molecule has 0 unspecified atom stereocenters.